The van der Waals surface area contributed by atoms with Crippen LogP contribution in [0.3, 0.4) is 0 Å². The molecule has 0 fully saturated rings. The summed E-state index contributed by atoms with van der Waals surface area (Å²) in [4.78, 5) is 13.3. The Kier molecular flexibility index (Phi) is 4.42. The lowest BCUT2D eigenvalue weighted by atomic mass is 9.94. The lowest BCUT2D eigenvalue weighted by molar-refractivity contribution is -0.113. The number of rotatable bonds is 3. The van der Waals surface area contributed by atoms with Crippen molar-refractivity contribution in [1.82, 2.24) is 10.6 Å². The van der Waals surface area contributed by atoms with Crippen molar-refractivity contribution in [1.29, 1.82) is 0 Å². The number of ketones is 1. The molecule has 112 valence electrons. The molecule has 0 saturated heterocycles. The summed E-state index contributed by atoms with van der Waals surface area (Å²) in [5, 5.41) is 6.88. The van der Waals surface area contributed by atoms with Gasteiger partial charge in [0, 0.05) is 10.5 Å². The molecule has 0 bridgehead atoms. The molecular weight excluding hydrogens is 380 g/mol. The molecule has 6 heteroatoms. The van der Waals surface area contributed by atoms with Gasteiger partial charge in [-0.05, 0) is 52.8 Å². The fourth-order valence-electron chi connectivity index (χ4n) is 2.47. The third kappa shape index (κ3) is 2.99. The van der Waals surface area contributed by atoms with Crippen LogP contribution < -0.4 is 10.6 Å². The standard InChI is InChI=1S/C16H13BrN2OS2/c1-9(20)13-14(10-5-3-2-4-6-10)18-16(21)19-15(13)11-7-8-12(17)22-11/h2-8,15H,1H3,(H2,18,19,21)/t15-/m0/s1. The van der Waals surface area contributed by atoms with E-state index in [1.54, 1.807) is 18.3 Å². The zero-order valence-corrected chi connectivity index (χ0v) is 14.9. The first kappa shape index (κ1) is 15.4. The molecule has 0 aliphatic carbocycles. The van der Waals surface area contributed by atoms with E-state index in [1.165, 1.54) is 0 Å². The maximum Gasteiger partial charge on any atom is 0.171 e. The van der Waals surface area contributed by atoms with Crippen LogP contribution in [0.25, 0.3) is 5.70 Å². The van der Waals surface area contributed by atoms with Crippen LogP contribution in [-0.4, -0.2) is 10.9 Å². The van der Waals surface area contributed by atoms with E-state index < -0.39 is 0 Å². The number of thiocarbonyl (C=S) groups is 1. The quantitative estimate of drug-likeness (QED) is 0.773. The predicted octanol–water partition coefficient (Wildman–Crippen LogP) is 4.03. The van der Waals surface area contributed by atoms with Crippen LogP contribution in [-0.2, 0) is 4.79 Å². The first-order chi connectivity index (χ1) is 10.6. The highest BCUT2D eigenvalue weighted by Gasteiger charge is 2.30. The van der Waals surface area contributed by atoms with Crippen LogP contribution in [0.2, 0.25) is 0 Å². The second-order valence-corrected chi connectivity index (χ2v) is 7.79. The van der Waals surface area contributed by atoms with Gasteiger partial charge in [-0.3, -0.25) is 4.79 Å². The molecular formula is C16H13BrN2OS2. The Morgan fingerprint density at radius 3 is 2.55 bits per heavy atom. The van der Waals surface area contributed by atoms with Gasteiger partial charge in [0.1, 0.15) is 0 Å². The minimum absolute atomic E-state index is 0.0240. The molecule has 2 N–H and O–H groups in total. The van der Waals surface area contributed by atoms with E-state index in [0.717, 1.165) is 19.9 Å². The van der Waals surface area contributed by atoms with Gasteiger partial charge in [-0.1, -0.05) is 30.3 Å². The molecule has 22 heavy (non-hydrogen) atoms. The highest BCUT2D eigenvalue weighted by atomic mass is 79.9. The molecule has 1 atom stereocenters. The average molecular weight is 393 g/mol. The van der Waals surface area contributed by atoms with E-state index in [-0.39, 0.29) is 11.8 Å². The largest absolute Gasteiger partial charge is 0.350 e. The maximum atomic E-state index is 12.3. The summed E-state index contributed by atoms with van der Waals surface area (Å²) < 4.78 is 1.03. The third-order valence-corrected chi connectivity index (χ3v) is 5.30. The number of hydrogen-bond acceptors (Lipinski definition) is 3. The molecule has 0 unspecified atom stereocenters. The van der Waals surface area contributed by atoms with Gasteiger partial charge in [-0.15, -0.1) is 11.3 Å². The van der Waals surface area contributed by atoms with Crippen molar-refractivity contribution in [3.63, 3.8) is 0 Å². The Morgan fingerprint density at radius 2 is 1.95 bits per heavy atom. The highest BCUT2D eigenvalue weighted by molar-refractivity contribution is 9.11. The lowest BCUT2D eigenvalue weighted by Gasteiger charge is -2.30. The summed E-state index contributed by atoms with van der Waals surface area (Å²) in [6.45, 7) is 1.59. The summed E-state index contributed by atoms with van der Waals surface area (Å²) in [7, 11) is 0. The minimum Gasteiger partial charge on any atom is -0.350 e. The minimum atomic E-state index is -0.224. The van der Waals surface area contributed by atoms with Crippen molar-refractivity contribution in [2.24, 2.45) is 0 Å². The summed E-state index contributed by atoms with van der Waals surface area (Å²) in [6.07, 6.45) is 0. The molecule has 1 aliphatic heterocycles. The monoisotopic (exact) mass is 392 g/mol. The van der Waals surface area contributed by atoms with Crippen molar-refractivity contribution < 1.29 is 4.79 Å². The maximum absolute atomic E-state index is 12.3. The van der Waals surface area contributed by atoms with Crippen molar-refractivity contribution in [2.75, 3.05) is 0 Å². The molecule has 1 aromatic heterocycles. The molecule has 2 heterocycles. The smallest absolute Gasteiger partial charge is 0.171 e. The topological polar surface area (TPSA) is 41.1 Å². The number of benzene rings is 1. The fourth-order valence-corrected chi connectivity index (χ4v) is 4.18. The van der Waals surface area contributed by atoms with Crippen LogP contribution in [0, 0.1) is 0 Å². The van der Waals surface area contributed by atoms with Gasteiger partial charge in [-0.2, -0.15) is 0 Å². The SMILES string of the molecule is CC(=O)C1=C(c2ccccc2)NC(=S)N[C@H]1c1ccc(Br)s1. The number of thiophene rings is 1. The van der Waals surface area contributed by atoms with Gasteiger partial charge >= 0.3 is 0 Å². The summed E-state index contributed by atoms with van der Waals surface area (Å²) >= 11 is 10.4. The van der Waals surface area contributed by atoms with Crippen molar-refractivity contribution in [2.45, 2.75) is 13.0 Å². The van der Waals surface area contributed by atoms with Crippen molar-refractivity contribution >= 4 is 56.1 Å². The number of hydrogen-bond donors (Lipinski definition) is 2. The van der Waals surface area contributed by atoms with E-state index in [4.69, 9.17) is 12.2 Å². The third-order valence-electron chi connectivity index (χ3n) is 3.39. The van der Waals surface area contributed by atoms with Crippen molar-refractivity contribution in [3.05, 3.63) is 62.3 Å². The van der Waals surface area contributed by atoms with Gasteiger partial charge in [0.2, 0.25) is 0 Å². The molecule has 0 radical (unpaired) electrons. The van der Waals surface area contributed by atoms with Crippen LogP contribution in [0.5, 0.6) is 0 Å². The number of Topliss-reactive ketones (excluding diaryl/α,β-unsaturated/α-hetero) is 1. The number of carbonyl (C=O) groups excluding carboxylic acids is 1. The summed E-state index contributed by atoms with van der Waals surface area (Å²) in [6, 6.07) is 13.6. The van der Waals surface area contributed by atoms with Gasteiger partial charge in [0.25, 0.3) is 0 Å². The number of halogens is 1. The van der Waals surface area contributed by atoms with Crippen LogP contribution in [0.4, 0.5) is 0 Å². The zero-order valence-electron chi connectivity index (χ0n) is 11.7. The molecule has 2 aromatic rings. The normalized spacial score (nSPS) is 17.9. The molecule has 3 nitrogen and oxygen atoms in total. The summed E-state index contributed by atoms with van der Waals surface area (Å²) in [5.41, 5.74) is 2.44. The highest BCUT2D eigenvalue weighted by Crippen LogP contribution is 2.36. The molecule has 0 spiro atoms. The van der Waals surface area contributed by atoms with E-state index in [9.17, 15) is 4.79 Å². The Labute approximate surface area is 146 Å². The first-order valence-corrected chi connectivity index (χ1v) is 8.71. The first-order valence-electron chi connectivity index (χ1n) is 6.69. The van der Waals surface area contributed by atoms with Gasteiger partial charge in [-0.25, -0.2) is 0 Å². The van der Waals surface area contributed by atoms with Crippen LogP contribution in [0.1, 0.15) is 23.4 Å². The second kappa shape index (κ2) is 6.32. The molecule has 0 saturated carbocycles. The van der Waals surface area contributed by atoms with E-state index in [0.29, 0.717) is 10.7 Å². The van der Waals surface area contributed by atoms with Crippen LogP contribution >= 0.6 is 39.5 Å². The Morgan fingerprint density at radius 1 is 1.23 bits per heavy atom. The fraction of sp³-hybridized carbons (Fsp3) is 0.125. The molecule has 1 aliphatic rings. The van der Waals surface area contributed by atoms with E-state index in [2.05, 4.69) is 26.6 Å². The van der Waals surface area contributed by atoms with Crippen LogP contribution in [0.15, 0.2) is 51.8 Å². The van der Waals surface area contributed by atoms with Gasteiger partial charge < -0.3 is 10.6 Å². The Hall–Kier alpha value is -1.50. The number of nitrogens with one attached hydrogen (secondary N) is 2. The molecule has 3 rings (SSSR count). The lowest BCUT2D eigenvalue weighted by Crippen LogP contribution is -2.44. The molecule has 1 aromatic carbocycles. The Balaban J connectivity index is 2.17. The van der Waals surface area contributed by atoms with E-state index in [1.807, 2.05) is 42.5 Å². The molecule has 0 amide bonds. The number of carbonyl (C=O) groups is 1. The Bertz CT molecular complexity index is 767. The average Bonchev–Trinajstić information content (AvgIpc) is 2.93. The van der Waals surface area contributed by atoms with E-state index >= 15 is 0 Å². The summed E-state index contributed by atoms with van der Waals surface area (Å²) in [5.74, 6) is 0.0240. The predicted molar refractivity (Wildman–Crippen MR) is 97.7 cm³/mol. The van der Waals surface area contributed by atoms with Gasteiger partial charge in [0.15, 0.2) is 10.9 Å². The van der Waals surface area contributed by atoms with Gasteiger partial charge in [0.05, 0.1) is 15.5 Å². The second-order valence-electron chi connectivity index (χ2n) is 4.88. The zero-order chi connectivity index (χ0) is 15.7. The van der Waals surface area contributed by atoms with Crippen molar-refractivity contribution in [3.8, 4) is 0 Å².